The average molecular weight is 965 g/mol. The van der Waals surface area contributed by atoms with E-state index in [1.807, 2.05) is 26.0 Å². The van der Waals surface area contributed by atoms with Gasteiger partial charge < -0.3 is 9.47 Å². The van der Waals surface area contributed by atoms with Gasteiger partial charge in [0.2, 0.25) is 0 Å². The van der Waals surface area contributed by atoms with Crippen LogP contribution in [0.4, 0.5) is 11.4 Å². The molecule has 12 heteroatoms. The molecule has 2 aliphatic rings. The molecule has 7 aromatic rings. The van der Waals surface area contributed by atoms with Crippen molar-refractivity contribution in [3.63, 3.8) is 0 Å². The van der Waals surface area contributed by atoms with E-state index in [1.54, 1.807) is 48.5 Å². The zero-order valence-corrected chi connectivity index (χ0v) is 40.6. The van der Waals surface area contributed by atoms with Crippen LogP contribution in [-0.4, -0.2) is 36.8 Å². The van der Waals surface area contributed by atoms with Crippen LogP contribution in [0.5, 0.6) is 11.5 Å². The zero-order chi connectivity index (χ0) is 46.6. The number of hydrogen-bond donors (Lipinski definition) is 0. The smallest absolute Gasteiger partial charge is 0.266 e. The summed E-state index contributed by atoms with van der Waals surface area (Å²) in [6.07, 6.45) is 13.7. The lowest BCUT2D eigenvalue weighted by atomic mass is 9.81. The van der Waals surface area contributed by atoms with Crippen LogP contribution in [0.15, 0.2) is 60.7 Å². The van der Waals surface area contributed by atoms with Crippen molar-refractivity contribution in [3.8, 4) is 11.5 Å². The topological polar surface area (TPSA) is 93.2 Å². The number of imide groups is 2. The Kier molecular flexibility index (Phi) is 13.2. The van der Waals surface area contributed by atoms with Gasteiger partial charge in [-0.05, 0) is 98.5 Å². The number of benzene rings is 7. The maximum absolute atomic E-state index is 14.6. The molecule has 9 rings (SSSR count). The van der Waals surface area contributed by atoms with E-state index >= 15 is 0 Å². The first kappa shape index (κ1) is 46.0. The largest absolute Gasteiger partial charge is 0.494 e. The highest BCUT2D eigenvalue weighted by Gasteiger charge is 2.41. The second kappa shape index (κ2) is 18.9. The van der Waals surface area contributed by atoms with E-state index in [0.29, 0.717) is 90.3 Å². The molecule has 0 unspecified atom stereocenters. The number of anilines is 2. The Labute approximate surface area is 404 Å². The monoisotopic (exact) mass is 962 g/mol. The lowest BCUT2D eigenvalue weighted by molar-refractivity contribution is 0.0877. The van der Waals surface area contributed by atoms with E-state index in [0.717, 1.165) is 35.5 Å². The van der Waals surface area contributed by atoms with Crippen LogP contribution >= 0.6 is 46.4 Å². The molecular weight excluding hydrogens is 914 g/mol. The highest BCUT2D eigenvalue weighted by atomic mass is 35.5. The molecule has 0 N–H and O–H groups in total. The Morgan fingerprint density at radius 2 is 0.697 bits per heavy atom. The molecule has 0 radical (unpaired) electrons. The average Bonchev–Trinajstić information content (AvgIpc) is 3.29. The molecule has 0 aromatic heterocycles. The summed E-state index contributed by atoms with van der Waals surface area (Å²) >= 11 is 29.0. The third-order valence-corrected chi connectivity index (χ3v) is 14.4. The molecule has 0 fully saturated rings. The fourth-order valence-corrected chi connectivity index (χ4v) is 11.2. The molecule has 2 aliphatic heterocycles. The highest BCUT2D eigenvalue weighted by molar-refractivity contribution is 6.57. The van der Waals surface area contributed by atoms with Crippen molar-refractivity contribution in [2.75, 3.05) is 23.0 Å². The Morgan fingerprint density at radius 3 is 1.00 bits per heavy atom. The molecular formula is C54H50Cl4N2O6. The van der Waals surface area contributed by atoms with Crippen LogP contribution < -0.4 is 19.3 Å². The van der Waals surface area contributed by atoms with Crippen LogP contribution in [0.1, 0.15) is 143 Å². The van der Waals surface area contributed by atoms with Crippen molar-refractivity contribution in [1.82, 2.24) is 0 Å². The summed E-state index contributed by atoms with van der Waals surface area (Å²) in [5.74, 6) is -0.927. The number of unbranched alkanes of at least 4 members (excludes halogenated alkanes) is 10. The van der Waals surface area contributed by atoms with E-state index in [1.165, 1.54) is 51.4 Å². The van der Waals surface area contributed by atoms with E-state index in [4.69, 9.17) is 55.9 Å². The fraction of sp³-hybridized carbons (Fsp3) is 0.333. The Bertz CT molecular complexity index is 2800. The normalized spacial score (nSPS) is 13.8. The minimum Gasteiger partial charge on any atom is -0.494 e. The first-order valence-electron chi connectivity index (χ1n) is 23.1. The lowest BCUT2D eigenvalue weighted by Crippen LogP contribution is -2.41. The molecule has 0 saturated heterocycles. The van der Waals surface area contributed by atoms with Crippen LogP contribution in [0, 0.1) is 13.8 Å². The van der Waals surface area contributed by atoms with E-state index in [-0.39, 0.29) is 42.3 Å². The number of ether oxygens (including phenoxy) is 2. The van der Waals surface area contributed by atoms with Gasteiger partial charge in [-0.15, -0.1) is 0 Å². The van der Waals surface area contributed by atoms with Crippen molar-refractivity contribution in [2.24, 2.45) is 0 Å². The molecule has 4 amide bonds. The minimum absolute atomic E-state index is 0.165. The maximum atomic E-state index is 14.6. The molecule has 0 atom stereocenters. The molecule has 8 nitrogen and oxygen atoms in total. The number of fused-ring (bicyclic) bond motifs is 2. The predicted octanol–water partition coefficient (Wildman–Crippen LogP) is 16.0. The van der Waals surface area contributed by atoms with Crippen molar-refractivity contribution >= 4 is 124 Å². The van der Waals surface area contributed by atoms with Crippen molar-refractivity contribution in [3.05, 3.63) is 114 Å². The maximum Gasteiger partial charge on any atom is 0.266 e. The summed E-state index contributed by atoms with van der Waals surface area (Å²) in [6, 6.07) is 16.9. The van der Waals surface area contributed by atoms with Crippen LogP contribution in [0.25, 0.3) is 43.1 Å². The standard InChI is InChI=1S/C54H50Cl4N2O6/c1-5-7-9-11-13-15-21-65-31-17-19-41(29(3)23-31)59-51(61)33-25-37(55)45-47-39(57)27-35-44-36(28-40(58)48(50(44)47)46-38(56)26-34(52(59)62)43(33)49(45)46)54(64)60(53(35)63)42-20-18-32(24-30(42)4)66-22-16-14-12-10-8-6-2/h17-20,23-28H,5-16,21-22H2,1-4H3. The second-order valence-corrected chi connectivity index (χ2v) is 19.3. The number of halogens is 4. The first-order chi connectivity index (χ1) is 31.9. The number of carbonyl (C=O) groups is 4. The summed E-state index contributed by atoms with van der Waals surface area (Å²) < 4.78 is 12.1. The van der Waals surface area contributed by atoms with Crippen LogP contribution in [-0.2, 0) is 0 Å². The molecule has 340 valence electrons. The van der Waals surface area contributed by atoms with Crippen molar-refractivity contribution in [1.29, 1.82) is 0 Å². The number of rotatable bonds is 18. The Balaban J connectivity index is 1.09. The zero-order valence-electron chi connectivity index (χ0n) is 37.5. The minimum atomic E-state index is -0.560. The second-order valence-electron chi connectivity index (χ2n) is 17.6. The van der Waals surface area contributed by atoms with Gasteiger partial charge in [0.15, 0.2) is 0 Å². The van der Waals surface area contributed by atoms with Crippen molar-refractivity contribution < 1.29 is 28.7 Å². The first-order valence-corrected chi connectivity index (χ1v) is 24.6. The molecule has 0 spiro atoms. The molecule has 66 heavy (non-hydrogen) atoms. The summed E-state index contributed by atoms with van der Waals surface area (Å²) in [6.45, 7) is 9.22. The fourth-order valence-electron chi connectivity index (χ4n) is 9.98. The van der Waals surface area contributed by atoms with Gasteiger partial charge in [0.1, 0.15) is 11.5 Å². The third kappa shape index (κ3) is 7.81. The van der Waals surface area contributed by atoms with Gasteiger partial charge in [-0.3, -0.25) is 19.2 Å². The van der Waals surface area contributed by atoms with Gasteiger partial charge in [0.25, 0.3) is 23.6 Å². The van der Waals surface area contributed by atoms with Crippen molar-refractivity contribution in [2.45, 2.75) is 105 Å². The van der Waals surface area contributed by atoms with Gasteiger partial charge in [-0.2, -0.15) is 0 Å². The predicted molar refractivity (Wildman–Crippen MR) is 270 cm³/mol. The summed E-state index contributed by atoms with van der Waals surface area (Å²) in [4.78, 5) is 60.9. The van der Waals surface area contributed by atoms with Crippen LogP contribution in [0.3, 0.4) is 0 Å². The molecule has 0 saturated carbocycles. The van der Waals surface area contributed by atoms with E-state index < -0.39 is 23.6 Å². The quantitative estimate of drug-likeness (QED) is 0.0368. The van der Waals surface area contributed by atoms with E-state index in [2.05, 4.69) is 13.8 Å². The van der Waals surface area contributed by atoms with E-state index in [9.17, 15) is 19.2 Å². The number of aryl methyl sites for hydroxylation is 2. The van der Waals surface area contributed by atoms with Crippen LogP contribution in [0.2, 0.25) is 20.1 Å². The Morgan fingerprint density at radius 1 is 0.394 bits per heavy atom. The highest BCUT2D eigenvalue weighted by Crippen LogP contribution is 2.54. The lowest BCUT2D eigenvalue weighted by Gasteiger charge is -2.32. The molecule has 0 bridgehead atoms. The van der Waals surface area contributed by atoms with Gasteiger partial charge in [0.05, 0.1) is 46.8 Å². The molecule has 2 heterocycles. The molecule has 7 aromatic carbocycles. The summed E-state index contributed by atoms with van der Waals surface area (Å²) in [5, 5.41) is 3.90. The molecule has 0 aliphatic carbocycles. The number of nitrogens with zero attached hydrogens (tertiary/aromatic N) is 2. The Hall–Kier alpha value is -5.12. The van der Waals surface area contributed by atoms with Gasteiger partial charge in [-0.25, -0.2) is 9.80 Å². The van der Waals surface area contributed by atoms with Gasteiger partial charge in [-0.1, -0.05) is 124 Å². The SMILES string of the molecule is CCCCCCCCOc1ccc(N2C(=O)c3cc(Cl)c4c5c(Cl)cc6c7c(cc(Cl)c(c8c(Cl)cc(c3c48)C2=O)c75)C(=O)N(c2ccc(OCCCCCCCC)cc2C)C6=O)c(C)c1. The van der Waals surface area contributed by atoms with Gasteiger partial charge in [0, 0.05) is 63.2 Å². The number of carbonyl (C=O) groups excluding carboxylic acids is 4. The van der Waals surface area contributed by atoms with Gasteiger partial charge >= 0.3 is 0 Å². The third-order valence-electron chi connectivity index (χ3n) is 13.2. The number of hydrogen-bond acceptors (Lipinski definition) is 6. The summed E-state index contributed by atoms with van der Waals surface area (Å²) in [7, 11) is 0. The summed E-state index contributed by atoms with van der Waals surface area (Å²) in [5.41, 5.74) is 2.97. The number of amides is 4.